The Morgan fingerprint density at radius 3 is 1.18 bits per heavy atom. The van der Waals surface area contributed by atoms with Gasteiger partial charge >= 0.3 is 0 Å². The van der Waals surface area contributed by atoms with Crippen LogP contribution < -0.4 is 0 Å². The van der Waals surface area contributed by atoms with Gasteiger partial charge in [-0.1, -0.05) is 121 Å². The zero-order chi connectivity index (χ0) is 29.4. The Morgan fingerprint density at radius 2 is 0.750 bits per heavy atom. The second-order valence-electron chi connectivity index (χ2n) is 11.8. The van der Waals surface area contributed by atoms with Crippen molar-refractivity contribution in [3.05, 3.63) is 133 Å². The summed E-state index contributed by atoms with van der Waals surface area (Å²) in [6.45, 7) is 6.34. The summed E-state index contributed by atoms with van der Waals surface area (Å²) in [6, 6.07) is 49.3. The molecule has 2 heteroatoms. The molecule has 0 aliphatic rings. The van der Waals surface area contributed by atoms with E-state index < -0.39 is 0 Å². The van der Waals surface area contributed by atoms with Gasteiger partial charge in [-0.2, -0.15) is 0 Å². The minimum atomic E-state index is 0.884. The number of aromatic nitrogens is 2. The summed E-state index contributed by atoms with van der Waals surface area (Å²) < 4.78 is 5.13. The lowest BCUT2D eigenvalue weighted by Gasteiger charge is -2.19. The minimum absolute atomic E-state index is 0.884. The zero-order valence-corrected chi connectivity index (χ0v) is 25.0. The molecule has 7 aromatic carbocycles. The standard InChI is InChI=1S/C42H32N2/c1-3-43-35-25-11-9-21-33(35)39-38(32-24-14-18-28-16-6-8-20-30(28)32)42-40(34-22-10-12-26-36(34)44(42)4-2)37(41(39)43)31-23-13-17-27-15-5-7-19-29(27)31/h5-26H,3-4H2,1-2H3. The topological polar surface area (TPSA) is 9.86 Å². The van der Waals surface area contributed by atoms with Crippen LogP contribution in [0.4, 0.5) is 0 Å². The summed E-state index contributed by atoms with van der Waals surface area (Å²) in [5.74, 6) is 0. The van der Waals surface area contributed by atoms with Gasteiger partial charge in [-0.3, -0.25) is 0 Å². The van der Waals surface area contributed by atoms with Gasteiger partial charge in [0.25, 0.3) is 0 Å². The third kappa shape index (κ3) is 3.31. The maximum absolute atomic E-state index is 2.56. The van der Waals surface area contributed by atoms with E-state index in [0.717, 1.165) is 13.1 Å². The van der Waals surface area contributed by atoms with Crippen LogP contribution in [-0.2, 0) is 13.1 Å². The Kier molecular flexibility index (Phi) is 5.49. The van der Waals surface area contributed by atoms with Crippen LogP contribution in [0.2, 0.25) is 0 Å². The minimum Gasteiger partial charge on any atom is -0.340 e. The molecule has 2 nitrogen and oxygen atoms in total. The van der Waals surface area contributed by atoms with Crippen LogP contribution in [0.1, 0.15) is 13.8 Å². The first-order valence-electron chi connectivity index (χ1n) is 15.7. The van der Waals surface area contributed by atoms with Crippen LogP contribution in [-0.4, -0.2) is 9.13 Å². The predicted octanol–water partition coefficient (Wildman–Crippen LogP) is 11.6. The highest BCUT2D eigenvalue weighted by molar-refractivity contribution is 6.34. The fourth-order valence-corrected chi connectivity index (χ4v) is 7.94. The Hall–Kier alpha value is -5.34. The zero-order valence-electron chi connectivity index (χ0n) is 25.0. The molecule has 0 unspecified atom stereocenters. The number of aryl methyl sites for hydroxylation is 2. The number of hydrogen-bond donors (Lipinski definition) is 0. The van der Waals surface area contributed by atoms with Gasteiger partial charge in [-0.05, 0) is 58.7 Å². The molecule has 0 fully saturated rings. The number of nitrogens with zero attached hydrogens (tertiary/aromatic N) is 2. The van der Waals surface area contributed by atoms with Gasteiger partial charge in [0.15, 0.2) is 0 Å². The first-order chi connectivity index (χ1) is 21.8. The van der Waals surface area contributed by atoms with E-state index in [-0.39, 0.29) is 0 Å². The highest BCUT2D eigenvalue weighted by Gasteiger charge is 2.28. The van der Waals surface area contributed by atoms with Crippen molar-refractivity contribution in [1.29, 1.82) is 0 Å². The average molecular weight is 565 g/mol. The molecule has 0 N–H and O–H groups in total. The van der Waals surface area contributed by atoms with Crippen molar-refractivity contribution >= 4 is 65.2 Å². The SMILES string of the molecule is CCn1c2ccccc2c2c(-c3cccc4ccccc34)c3c(c(-c4cccc5ccccc45)c21)c1ccccc1n3CC. The van der Waals surface area contributed by atoms with Crippen LogP contribution in [0.3, 0.4) is 0 Å². The molecule has 0 saturated carbocycles. The molecule has 44 heavy (non-hydrogen) atoms. The van der Waals surface area contributed by atoms with E-state index in [9.17, 15) is 0 Å². The van der Waals surface area contributed by atoms with E-state index in [0.29, 0.717) is 0 Å². The van der Waals surface area contributed by atoms with E-state index in [2.05, 4.69) is 156 Å². The lowest BCUT2D eigenvalue weighted by molar-refractivity contribution is 0.825. The molecule has 210 valence electrons. The van der Waals surface area contributed by atoms with E-state index in [1.165, 1.54) is 87.4 Å². The maximum Gasteiger partial charge on any atom is 0.0585 e. The van der Waals surface area contributed by atoms with Crippen LogP contribution in [0.25, 0.3) is 87.4 Å². The Balaban J connectivity index is 1.67. The van der Waals surface area contributed by atoms with Crippen LogP contribution in [0.5, 0.6) is 0 Å². The summed E-state index contributed by atoms with van der Waals surface area (Å²) >= 11 is 0. The number of para-hydroxylation sites is 2. The second kappa shape index (κ2) is 9.59. The molecule has 9 rings (SSSR count). The van der Waals surface area contributed by atoms with Crippen LogP contribution in [0.15, 0.2) is 133 Å². The summed E-state index contributed by atoms with van der Waals surface area (Å²) in [6.07, 6.45) is 0. The molecule has 0 aliphatic carbocycles. The molecular formula is C42H32N2. The third-order valence-corrected chi connectivity index (χ3v) is 9.67. The van der Waals surface area contributed by atoms with E-state index in [4.69, 9.17) is 0 Å². The molecule has 2 aromatic heterocycles. The molecule has 0 spiro atoms. The van der Waals surface area contributed by atoms with Crippen molar-refractivity contribution < 1.29 is 0 Å². The van der Waals surface area contributed by atoms with Crippen molar-refractivity contribution in [2.45, 2.75) is 26.9 Å². The van der Waals surface area contributed by atoms with Crippen molar-refractivity contribution in [3.8, 4) is 22.3 Å². The van der Waals surface area contributed by atoms with Gasteiger partial charge < -0.3 is 9.13 Å². The highest BCUT2D eigenvalue weighted by Crippen LogP contribution is 2.52. The molecule has 0 radical (unpaired) electrons. The highest BCUT2D eigenvalue weighted by atomic mass is 15.0. The monoisotopic (exact) mass is 564 g/mol. The average Bonchev–Trinajstić information content (AvgIpc) is 3.60. The molecule has 0 amide bonds. The first-order valence-corrected chi connectivity index (χ1v) is 15.7. The maximum atomic E-state index is 2.56. The first kappa shape index (κ1) is 25.2. The van der Waals surface area contributed by atoms with E-state index in [1.807, 2.05) is 0 Å². The Bertz CT molecular complexity index is 2380. The summed E-state index contributed by atoms with van der Waals surface area (Å²) in [5.41, 5.74) is 10.5. The fraction of sp³-hybridized carbons (Fsp3) is 0.0952. The smallest absolute Gasteiger partial charge is 0.0585 e. The molecule has 0 saturated heterocycles. The van der Waals surface area contributed by atoms with Crippen LogP contribution in [0, 0.1) is 0 Å². The molecule has 0 aliphatic heterocycles. The lowest BCUT2D eigenvalue weighted by atomic mass is 9.87. The number of benzene rings is 7. The molecule has 9 aromatic rings. The number of fused-ring (bicyclic) bond motifs is 8. The predicted molar refractivity (Wildman–Crippen MR) is 190 cm³/mol. The number of hydrogen-bond acceptors (Lipinski definition) is 0. The largest absolute Gasteiger partial charge is 0.340 e. The summed E-state index contributed by atoms with van der Waals surface area (Å²) in [4.78, 5) is 0. The van der Waals surface area contributed by atoms with Gasteiger partial charge in [-0.15, -0.1) is 0 Å². The van der Waals surface area contributed by atoms with Gasteiger partial charge in [0.2, 0.25) is 0 Å². The number of rotatable bonds is 4. The Labute approximate surface area is 256 Å². The van der Waals surface area contributed by atoms with Crippen molar-refractivity contribution in [2.24, 2.45) is 0 Å². The van der Waals surface area contributed by atoms with E-state index in [1.54, 1.807) is 0 Å². The molecular weight excluding hydrogens is 532 g/mol. The quantitative estimate of drug-likeness (QED) is 0.201. The molecule has 0 atom stereocenters. The van der Waals surface area contributed by atoms with Crippen molar-refractivity contribution in [2.75, 3.05) is 0 Å². The van der Waals surface area contributed by atoms with Crippen LogP contribution >= 0.6 is 0 Å². The van der Waals surface area contributed by atoms with E-state index >= 15 is 0 Å². The van der Waals surface area contributed by atoms with Gasteiger partial charge in [0, 0.05) is 56.8 Å². The van der Waals surface area contributed by atoms with Gasteiger partial charge in [0.05, 0.1) is 11.0 Å². The van der Waals surface area contributed by atoms with Gasteiger partial charge in [-0.25, -0.2) is 0 Å². The normalized spacial score (nSPS) is 12.0. The van der Waals surface area contributed by atoms with Crippen molar-refractivity contribution in [3.63, 3.8) is 0 Å². The van der Waals surface area contributed by atoms with Crippen molar-refractivity contribution in [1.82, 2.24) is 9.13 Å². The Morgan fingerprint density at radius 1 is 0.386 bits per heavy atom. The molecule has 0 bridgehead atoms. The van der Waals surface area contributed by atoms with Gasteiger partial charge in [0.1, 0.15) is 0 Å². The summed E-state index contributed by atoms with van der Waals surface area (Å²) in [5, 5.41) is 10.4. The fourth-order valence-electron chi connectivity index (χ4n) is 7.94. The lowest BCUT2D eigenvalue weighted by Crippen LogP contribution is -2.00. The summed E-state index contributed by atoms with van der Waals surface area (Å²) in [7, 11) is 0. The molecule has 2 heterocycles. The second-order valence-corrected chi connectivity index (χ2v) is 11.8. The third-order valence-electron chi connectivity index (χ3n) is 9.67.